The molecule has 5 nitrogen and oxygen atoms in total. The van der Waals surface area contributed by atoms with Crippen LogP contribution in [-0.2, 0) is 20.7 Å². The Bertz CT molecular complexity index is 424. The summed E-state index contributed by atoms with van der Waals surface area (Å²) < 4.78 is 10.4. The number of rotatable bonds is 7. The van der Waals surface area contributed by atoms with Gasteiger partial charge in [0.15, 0.2) is 6.10 Å². The zero-order valence-corrected chi connectivity index (χ0v) is 11.1. The van der Waals surface area contributed by atoms with E-state index in [1.165, 1.54) is 0 Å². The Morgan fingerprint density at radius 3 is 2.32 bits per heavy atom. The molecule has 0 amide bonds. The van der Waals surface area contributed by atoms with Gasteiger partial charge in [-0.2, -0.15) is 0 Å². The molecule has 1 rings (SSSR count). The van der Waals surface area contributed by atoms with E-state index in [1.54, 1.807) is 31.2 Å². The number of carboxylic acid groups (broad SMARTS) is 1. The summed E-state index contributed by atoms with van der Waals surface area (Å²) in [6, 6.07) is 6.64. The number of carbonyl (C=O) groups excluding carboxylic acids is 1. The van der Waals surface area contributed by atoms with Gasteiger partial charge in [-0.15, -0.1) is 0 Å². The number of esters is 1. The second-order valence-electron chi connectivity index (χ2n) is 3.98. The summed E-state index contributed by atoms with van der Waals surface area (Å²) in [5.74, 6) is -0.750. The number of carboxylic acids is 1. The topological polar surface area (TPSA) is 72.8 Å². The van der Waals surface area contributed by atoms with Crippen LogP contribution >= 0.6 is 0 Å². The fraction of sp³-hybridized carbons (Fsp3) is 0.429. The minimum absolute atomic E-state index is 0.0324. The van der Waals surface area contributed by atoms with Gasteiger partial charge in [-0.05, 0) is 31.0 Å². The highest BCUT2D eigenvalue weighted by Gasteiger charge is 2.19. The molecule has 1 N–H and O–H groups in total. The second kappa shape index (κ2) is 7.41. The molecular formula is C14H18O5. The molecule has 0 aromatic heterocycles. The zero-order valence-electron chi connectivity index (χ0n) is 11.1. The summed E-state index contributed by atoms with van der Waals surface area (Å²) in [6.45, 7) is 3.89. The third kappa shape index (κ3) is 4.99. The van der Waals surface area contributed by atoms with E-state index in [2.05, 4.69) is 0 Å². The second-order valence-corrected chi connectivity index (χ2v) is 3.98. The summed E-state index contributed by atoms with van der Waals surface area (Å²) in [5, 5.41) is 8.66. The van der Waals surface area contributed by atoms with E-state index in [4.69, 9.17) is 14.6 Å². The minimum Gasteiger partial charge on any atom is -0.481 e. The van der Waals surface area contributed by atoms with Gasteiger partial charge in [-0.25, -0.2) is 4.79 Å². The number of hydrogen-bond acceptors (Lipinski definition) is 4. The lowest BCUT2D eigenvalue weighted by Gasteiger charge is -2.16. The standard InChI is InChI=1S/C14H18O5/c1-3-12(14(17)18-4-2)19-11-7-5-10(6-8-11)9-13(15)16/h5-8,12H,3-4,9H2,1-2H3,(H,15,16). The molecule has 0 heterocycles. The maximum absolute atomic E-state index is 11.6. The van der Waals surface area contributed by atoms with Crippen LogP contribution in [0.4, 0.5) is 0 Å². The number of hydrogen-bond donors (Lipinski definition) is 1. The molecule has 0 bridgehead atoms. The van der Waals surface area contributed by atoms with Crippen LogP contribution in [0, 0.1) is 0 Å². The van der Waals surface area contributed by atoms with Gasteiger partial charge < -0.3 is 14.6 Å². The Kier molecular flexibility index (Phi) is 5.85. The highest BCUT2D eigenvalue weighted by molar-refractivity contribution is 5.75. The third-order valence-electron chi connectivity index (χ3n) is 2.48. The van der Waals surface area contributed by atoms with Crippen LogP contribution in [-0.4, -0.2) is 29.8 Å². The van der Waals surface area contributed by atoms with Crippen molar-refractivity contribution in [3.05, 3.63) is 29.8 Å². The average molecular weight is 266 g/mol. The van der Waals surface area contributed by atoms with Crippen LogP contribution in [0.5, 0.6) is 5.75 Å². The highest BCUT2D eigenvalue weighted by atomic mass is 16.6. The molecular weight excluding hydrogens is 248 g/mol. The molecule has 0 spiro atoms. The number of benzene rings is 1. The van der Waals surface area contributed by atoms with Crippen molar-refractivity contribution in [2.75, 3.05) is 6.61 Å². The Hall–Kier alpha value is -2.04. The van der Waals surface area contributed by atoms with Gasteiger partial charge in [0, 0.05) is 0 Å². The van der Waals surface area contributed by atoms with E-state index >= 15 is 0 Å². The first-order valence-corrected chi connectivity index (χ1v) is 6.20. The molecule has 0 saturated heterocycles. The van der Waals surface area contributed by atoms with Crippen LogP contribution in [0.2, 0.25) is 0 Å². The lowest BCUT2D eigenvalue weighted by molar-refractivity contribution is -0.151. The molecule has 1 unspecified atom stereocenters. The molecule has 0 saturated carbocycles. The minimum atomic E-state index is -0.883. The van der Waals surface area contributed by atoms with Crippen molar-refractivity contribution in [2.24, 2.45) is 0 Å². The van der Waals surface area contributed by atoms with Crippen molar-refractivity contribution in [3.8, 4) is 5.75 Å². The van der Waals surface area contributed by atoms with Crippen molar-refractivity contribution in [1.82, 2.24) is 0 Å². The Morgan fingerprint density at radius 1 is 1.21 bits per heavy atom. The van der Waals surface area contributed by atoms with Gasteiger partial charge >= 0.3 is 11.9 Å². The van der Waals surface area contributed by atoms with Gasteiger partial charge in [-0.1, -0.05) is 19.1 Å². The normalized spacial score (nSPS) is 11.7. The lowest BCUT2D eigenvalue weighted by atomic mass is 10.1. The van der Waals surface area contributed by atoms with Gasteiger partial charge in [0.2, 0.25) is 0 Å². The molecule has 0 aliphatic rings. The molecule has 0 fully saturated rings. The van der Waals surface area contributed by atoms with E-state index in [1.807, 2.05) is 6.92 Å². The van der Waals surface area contributed by atoms with E-state index in [0.29, 0.717) is 24.3 Å². The quantitative estimate of drug-likeness (QED) is 0.764. The number of ether oxygens (including phenoxy) is 2. The smallest absolute Gasteiger partial charge is 0.347 e. The summed E-state index contributed by atoms with van der Waals surface area (Å²) in [7, 11) is 0. The van der Waals surface area contributed by atoms with Crippen molar-refractivity contribution < 1.29 is 24.2 Å². The van der Waals surface area contributed by atoms with Gasteiger partial charge in [-0.3, -0.25) is 4.79 Å². The Balaban J connectivity index is 2.65. The van der Waals surface area contributed by atoms with E-state index < -0.39 is 12.1 Å². The van der Waals surface area contributed by atoms with E-state index in [9.17, 15) is 9.59 Å². The van der Waals surface area contributed by atoms with Crippen LogP contribution < -0.4 is 4.74 Å². The summed E-state index contributed by atoms with van der Waals surface area (Å²) in [5.41, 5.74) is 0.684. The van der Waals surface area contributed by atoms with Crippen LogP contribution in [0.1, 0.15) is 25.8 Å². The number of carbonyl (C=O) groups is 2. The largest absolute Gasteiger partial charge is 0.481 e. The molecule has 1 atom stereocenters. The van der Waals surface area contributed by atoms with Crippen LogP contribution in [0.3, 0.4) is 0 Å². The molecule has 5 heteroatoms. The fourth-order valence-corrected chi connectivity index (χ4v) is 1.56. The molecule has 104 valence electrons. The number of aliphatic carboxylic acids is 1. The highest BCUT2D eigenvalue weighted by Crippen LogP contribution is 2.16. The summed E-state index contributed by atoms with van der Waals surface area (Å²) >= 11 is 0. The third-order valence-corrected chi connectivity index (χ3v) is 2.48. The van der Waals surface area contributed by atoms with E-state index in [0.717, 1.165) is 0 Å². The van der Waals surface area contributed by atoms with E-state index in [-0.39, 0.29) is 12.4 Å². The van der Waals surface area contributed by atoms with Crippen molar-refractivity contribution >= 4 is 11.9 Å². The Morgan fingerprint density at radius 2 is 1.84 bits per heavy atom. The molecule has 0 aliphatic carbocycles. The first kappa shape index (κ1) is 15.0. The van der Waals surface area contributed by atoms with Gasteiger partial charge in [0.05, 0.1) is 13.0 Å². The maximum Gasteiger partial charge on any atom is 0.347 e. The molecule has 1 aromatic carbocycles. The van der Waals surface area contributed by atoms with Crippen molar-refractivity contribution in [2.45, 2.75) is 32.8 Å². The monoisotopic (exact) mass is 266 g/mol. The molecule has 1 aromatic rings. The first-order chi connectivity index (χ1) is 9.06. The lowest BCUT2D eigenvalue weighted by Crippen LogP contribution is -2.28. The van der Waals surface area contributed by atoms with Crippen LogP contribution in [0.25, 0.3) is 0 Å². The molecule has 0 radical (unpaired) electrons. The fourth-order valence-electron chi connectivity index (χ4n) is 1.56. The summed E-state index contributed by atoms with van der Waals surface area (Å²) in [6.07, 6.45) is -0.157. The molecule has 19 heavy (non-hydrogen) atoms. The summed E-state index contributed by atoms with van der Waals surface area (Å²) in [4.78, 5) is 22.1. The maximum atomic E-state index is 11.6. The predicted octanol–water partition coefficient (Wildman–Crippen LogP) is 2.03. The zero-order chi connectivity index (χ0) is 14.3. The SMILES string of the molecule is CCOC(=O)C(CC)Oc1ccc(CC(=O)O)cc1. The van der Waals surface area contributed by atoms with Crippen molar-refractivity contribution in [1.29, 1.82) is 0 Å². The average Bonchev–Trinajstić information content (AvgIpc) is 2.37. The predicted molar refractivity (Wildman–Crippen MR) is 69.1 cm³/mol. The van der Waals surface area contributed by atoms with Crippen LogP contribution in [0.15, 0.2) is 24.3 Å². The first-order valence-electron chi connectivity index (χ1n) is 6.20. The Labute approximate surface area is 112 Å². The van der Waals surface area contributed by atoms with Gasteiger partial charge in [0.25, 0.3) is 0 Å². The molecule has 0 aliphatic heterocycles. The van der Waals surface area contributed by atoms with Gasteiger partial charge in [0.1, 0.15) is 5.75 Å². The van der Waals surface area contributed by atoms with Crippen molar-refractivity contribution in [3.63, 3.8) is 0 Å².